The fourth-order valence-corrected chi connectivity index (χ4v) is 4.58. The van der Waals surface area contributed by atoms with E-state index in [4.69, 9.17) is 14.2 Å². The molecule has 1 aliphatic rings. The summed E-state index contributed by atoms with van der Waals surface area (Å²) >= 11 is 0. The van der Waals surface area contributed by atoms with E-state index >= 15 is 0 Å². The van der Waals surface area contributed by atoms with Crippen molar-refractivity contribution in [1.29, 1.82) is 0 Å². The lowest BCUT2D eigenvalue weighted by atomic mass is 9.95. The lowest BCUT2D eigenvalue weighted by Gasteiger charge is -2.28. The molecule has 1 heterocycles. The Labute approximate surface area is 213 Å². The molecule has 1 atom stereocenters. The van der Waals surface area contributed by atoms with Crippen LogP contribution in [-0.2, 0) is 9.59 Å². The third kappa shape index (κ3) is 5.65. The number of nitrogens with one attached hydrogen (secondary N) is 1. The summed E-state index contributed by atoms with van der Waals surface area (Å²) in [5, 5.41) is 13.6. The Balaban J connectivity index is 2.08. The molecular weight excluding hydrogens is 460 g/mol. The normalized spacial score (nSPS) is 17.1. The van der Waals surface area contributed by atoms with Gasteiger partial charge in [-0.25, -0.2) is 0 Å². The second kappa shape index (κ2) is 12.4. The molecule has 2 aromatic carbocycles. The van der Waals surface area contributed by atoms with Gasteiger partial charge in [-0.1, -0.05) is 24.0 Å². The number of carbonyl (C=O) groups is 2. The molecule has 2 aromatic rings. The first kappa shape index (κ1) is 27.1. The van der Waals surface area contributed by atoms with Crippen LogP contribution in [0.3, 0.4) is 0 Å². The van der Waals surface area contributed by atoms with Gasteiger partial charge in [-0.2, -0.15) is 0 Å². The molecule has 1 N–H and O–H groups in total. The molecule has 1 amide bonds. The van der Waals surface area contributed by atoms with Crippen LogP contribution in [0.1, 0.15) is 44.4 Å². The van der Waals surface area contributed by atoms with Crippen LogP contribution >= 0.6 is 0 Å². The van der Waals surface area contributed by atoms with Gasteiger partial charge in [0.05, 0.1) is 46.5 Å². The van der Waals surface area contributed by atoms with E-state index in [2.05, 4.69) is 13.8 Å². The van der Waals surface area contributed by atoms with Crippen LogP contribution in [0.5, 0.6) is 17.2 Å². The minimum atomic E-state index is -0.809. The molecule has 1 aliphatic heterocycles. The van der Waals surface area contributed by atoms with Crippen molar-refractivity contribution in [2.24, 2.45) is 0 Å². The molecule has 194 valence electrons. The molecule has 1 fully saturated rings. The number of rotatable bonds is 12. The zero-order chi connectivity index (χ0) is 26.2. The molecule has 1 unspecified atom stereocenters. The Morgan fingerprint density at radius 1 is 0.972 bits per heavy atom. The number of hydrogen-bond donors (Lipinski definition) is 1. The molecule has 8 heteroatoms. The highest BCUT2D eigenvalue weighted by molar-refractivity contribution is 6.46. The van der Waals surface area contributed by atoms with Crippen LogP contribution in [0, 0.1) is 0 Å². The molecule has 36 heavy (non-hydrogen) atoms. The molecule has 1 saturated heterocycles. The quantitative estimate of drug-likeness (QED) is 0.273. The predicted octanol–water partition coefficient (Wildman–Crippen LogP) is 1.64. The van der Waals surface area contributed by atoms with Crippen molar-refractivity contribution in [3.8, 4) is 17.2 Å². The summed E-state index contributed by atoms with van der Waals surface area (Å²) in [7, 11) is 3.07. The number of nitrogens with zero attached hydrogens (tertiary/aromatic N) is 1. The number of carbonyl (C=O) groups excluding carboxylic acids is 2. The Morgan fingerprint density at radius 2 is 1.67 bits per heavy atom. The van der Waals surface area contributed by atoms with Crippen LogP contribution in [0.15, 0.2) is 48.0 Å². The summed E-state index contributed by atoms with van der Waals surface area (Å²) < 4.78 is 16.3. The Hall–Kier alpha value is -3.52. The standard InChI is InChI=1S/C28H36N2O6/c1-6-29(7-2)16-9-17-30-25(20-12-15-22(36-8-3)23(18-20)35-5)24(27(32)28(30)33)26(31)19-10-13-21(34-4)14-11-19/h10-15,18,25,31H,6-9,16-17H2,1-5H3/b26-24+. The summed E-state index contributed by atoms with van der Waals surface area (Å²) in [5.41, 5.74) is 0.900. The first-order valence-electron chi connectivity index (χ1n) is 12.4. The highest BCUT2D eigenvalue weighted by Crippen LogP contribution is 2.41. The smallest absolute Gasteiger partial charge is 0.295 e. The van der Waals surface area contributed by atoms with Crippen LogP contribution < -0.4 is 24.2 Å². The van der Waals surface area contributed by atoms with Crippen LogP contribution in [0.25, 0.3) is 5.76 Å². The largest absolute Gasteiger partial charge is 0.872 e. The van der Waals surface area contributed by atoms with Crippen LogP contribution in [0.4, 0.5) is 0 Å². The minimum Gasteiger partial charge on any atom is -0.872 e. The number of hydrogen-bond acceptors (Lipinski definition) is 6. The van der Waals surface area contributed by atoms with Gasteiger partial charge < -0.3 is 29.1 Å². The number of Topliss-reactive ketones (excluding diaryl/α,β-unsaturated/α-hetero) is 1. The first-order valence-corrected chi connectivity index (χ1v) is 12.4. The number of benzene rings is 2. The SMILES string of the molecule is CCOc1ccc(C2/C(=C(\[O-])c3ccc(OC)cc3)C(=O)C(=O)N2CCC[NH+](CC)CC)cc1OC. The van der Waals surface area contributed by atoms with Gasteiger partial charge in [0.2, 0.25) is 5.78 Å². The van der Waals surface area contributed by atoms with E-state index in [0.717, 1.165) is 19.6 Å². The van der Waals surface area contributed by atoms with Crippen molar-refractivity contribution >= 4 is 17.4 Å². The number of likely N-dealkylation sites (tertiary alicyclic amines) is 1. The highest BCUT2D eigenvalue weighted by Gasteiger charge is 2.44. The average Bonchev–Trinajstić information content (AvgIpc) is 3.16. The van der Waals surface area contributed by atoms with Gasteiger partial charge in [0.25, 0.3) is 5.91 Å². The van der Waals surface area contributed by atoms with Crippen molar-refractivity contribution in [3.05, 3.63) is 59.2 Å². The van der Waals surface area contributed by atoms with E-state index < -0.39 is 23.5 Å². The molecule has 0 radical (unpaired) electrons. The maximum Gasteiger partial charge on any atom is 0.295 e. The molecule has 0 saturated carbocycles. The van der Waals surface area contributed by atoms with Crippen LogP contribution in [-0.4, -0.2) is 63.6 Å². The molecule has 0 aromatic heterocycles. The second-order valence-corrected chi connectivity index (χ2v) is 8.61. The van der Waals surface area contributed by atoms with Gasteiger partial charge in [0.15, 0.2) is 11.5 Å². The summed E-state index contributed by atoms with van der Waals surface area (Å²) in [6, 6.07) is 11.0. The zero-order valence-corrected chi connectivity index (χ0v) is 21.8. The zero-order valence-electron chi connectivity index (χ0n) is 21.8. The fraction of sp³-hybridized carbons (Fsp3) is 0.429. The van der Waals surface area contributed by atoms with Crippen LogP contribution in [0.2, 0.25) is 0 Å². The third-order valence-electron chi connectivity index (χ3n) is 6.61. The van der Waals surface area contributed by atoms with Crippen molar-refractivity contribution in [1.82, 2.24) is 4.90 Å². The van der Waals surface area contributed by atoms with Crippen molar-refractivity contribution in [2.75, 3.05) is 47.0 Å². The van der Waals surface area contributed by atoms with Gasteiger partial charge in [0, 0.05) is 18.5 Å². The molecule has 0 bridgehead atoms. The average molecular weight is 497 g/mol. The molecule has 0 aliphatic carbocycles. The van der Waals surface area contributed by atoms with Gasteiger partial charge in [-0.15, -0.1) is 0 Å². The van der Waals surface area contributed by atoms with Gasteiger partial charge >= 0.3 is 0 Å². The monoisotopic (exact) mass is 496 g/mol. The Morgan fingerprint density at radius 3 is 2.25 bits per heavy atom. The highest BCUT2D eigenvalue weighted by atomic mass is 16.5. The summed E-state index contributed by atoms with van der Waals surface area (Å²) in [5.74, 6) is -0.253. The summed E-state index contributed by atoms with van der Waals surface area (Å²) in [4.78, 5) is 29.4. The number of quaternary nitrogens is 1. The van der Waals surface area contributed by atoms with Gasteiger partial charge in [-0.05, 0) is 56.2 Å². The van der Waals surface area contributed by atoms with E-state index in [0.29, 0.717) is 47.9 Å². The lowest BCUT2D eigenvalue weighted by Crippen LogP contribution is -3.11. The summed E-state index contributed by atoms with van der Waals surface area (Å²) in [6.07, 6.45) is 0.713. The van der Waals surface area contributed by atoms with Crippen molar-refractivity contribution < 1.29 is 33.8 Å². The molecular formula is C28H36N2O6. The number of methoxy groups -OCH3 is 2. The predicted molar refractivity (Wildman–Crippen MR) is 135 cm³/mol. The Bertz CT molecular complexity index is 1090. The minimum absolute atomic E-state index is 0.0495. The van der Waals surface area contributed by atoms with Crippen molar-refractivity contribution in [3.63, 3.8) is 0 Å². The first-order chi connectivity index (χ1) is 17.4. The topological polar surface area (TPSA) is 92.6 Å². The second-order valence-electron chi connectivity index (χ2n) is 8.61. The summed E-state index contributed by atoms with van der Waals surface area (Å²) in [6.45, 7) is 9.78. The number of amides is 1. The van der Waals surface area contributed by atoms with E-state index in [1.165, 1.54) is 24.0 Å². The number of ketones is 1. The Kier molecular flexibility index (Phi) is 9.36. The number of ether oxygens (including phenoxy) is 3. The lowest BCUT2D eigenvalue weighted by molar-refractivity contribution is -0.896. The fourth-order valence-electron chi connectivity index (χ4n) is 4.58. The molecule has 3 rings (SSSR count). The third-order valence-corrected chi connectivity index (χ3v) is 6.61. The maximum absolute atomic E-state index is 13.6. The molecule has 8 nitrogen and oxygen atoms in total. The maximum atomic E-state index is 13.6. The van der Waals surface area contributed by atoms with E-state index in [-0.39, 0.29) is 5.57 Å². The molecule has 0 spiro atoms. The van der Waals surface area contributed by atoms with E-state index in [1.54, 1.807) is 42.5 Å². The van der Waals surface area contributed by atoms with Gasteiger partial charge in [-0.3, -0.25) is 9.59 Å². The van der Waals surface area contributed by atoms with E-state index in [9.17, 15) is 14.7 Å². The van der Waals surface area contributed by atoms with Gasteiger partial charge in [0.1, 0.15) is 5.75 Å². The van der Waals surface area contributed by atoms with E-state index in [1.807, 2.05) is 6.92 Å². The van der Waals surface area contributed by atoms with Crippen molar-refractivity contribution in [2.45, 2.75) is 33.2 Å².